The van der Waals surface area contributed by atoms with Crippen molar-refractivity contribution in [3.05, 3.63) is 35.9 Å². The Morgan fingerprint density at radius 2 is 2.09 bits per heavy atom. The van der Waals surface area contributed by atoms with Crippen LogP contribution >= 0.6 is 0 Å². The van der Waals surface area contributed by atoms with Crippen molar-refractivity contribution < 1.29 is 13.2 Å². The highest BCUT2D eigenvalue weighted by atomic mass is 32.2. The van der Waals surface area contributed by atoms with Crippen LogP contribution in [0.3, 0.4) is 0 Å². The standard InChI is InChI=1S/C16H24N2O3S/c1-22(20,21)15(12-14-8-5-10-17-14)16(19)18-11-9-13-6-3-2-4-7-13/h2-4,6-7,14-15,17H,5,8-12H2,1H3,(H,18,19). The van der Waals surface area contributed by atoms with E-state index in [9.17, 15) is 13.2 Å². The highest BCUT2D eigenvalue weighted by molar-refractivity contribution is 7.92. The molecular formula is C16H24N2O3S. The van der Waals surface area contributed by atoms with E-state index in [4.69, 9.17) is 0 Å². The van der Waals surface area contributed by atoms with Crippen LogP contribution < -0.4 is 10.6 Å². The van der Waals surface area contributed by atoms with Gasteiger partial charge in [0.05, 0.1) is 0 Å². The molecule has 22 heavy (non-hydrogen) atoms. The number of rotatable bonds is 7. The van der Waals surface area contributed by atoms with E-state index in [0.29, 0.717) is 19.4 Å². The molecule has 2 rings (SSSR count). The summed E-state index contributed by atoms with van der Waals surface area (Å²) in [5, 5.41) is 5.06. The number of carbonyl (C=O) groups excluding carboxylic acids is 1. The maximum absolute atomic E-state index is 12.2. The molecule has 1 amide bonds. The Morgan fingerprint density at radius 3 is 2.68 bits per heavy atom. The van der Waals surface area contributed by atoms with E-state index in [-0.39, 0.29) is 11.9 Å². The van der Waals surface area contributed by atoms with Gasteiger partial charge in [-0.25, -0.2) is 8.42 Å². The summed E-state index contributed by atoms with van der Waals surface area (Å²) in [7, 11) is -3.40. The monoisotopic (exact) mass is 324 g/mol. The summed E-state index contributed by atoms with van der Waals surface area (Å²) >= 11 is 0. The Bertz CT molecular complexity index is 581. The van der Waals surface area contributed by atoms with Gasteiger partial charge in [0.25, 0.3) is 0 Å². The molecule has 1 aromatic rings. The first-order valence-corrected chi connectivity index (χ1v) is 9.66. The smallest absolute Gasteiger partial charge is 0.238 e. The average molecular weight is 324 g/mol. The third-order valence-corrected chi connectivity index (χ3v) is 5.47. The normalized spacial score (nSPS) is 19.8. The molecule has 1 fully saturated rings. The summed E-state index contributed by atoms with van der Waals surface area (Å²) in [6.45, 7) is 1.35. The van der Waals surface area contributed by atoms with Gasteiger partial charge in [-0.3, -0.25) is 4.79 Å². The molecule has 6 heteroatoms. The maximum Gasteiger partial charge on any atom is 0.238 e. The van der Waals surface area contributed by atoms with Crippen LogP contribution in [0.2, 0.25) is 0 Å². The number of benzene rings is 1. The van der Waals surface area contributed by atoms with Crippen molar-refractivity contribution in [3.63, 3.8) is 0 Å². The molecule has 0 bridgehead atoms. The minimum Gasteiger partial charge on any atom is -0.355 e. The number of sulfone groups is 1. The summed E-state index contributed by atoms with van der Waals surface area (Å²) in [6, 6.07) is 9.94. The molecule has 1 aromatic carbocycles. The first kappa shape index (κ1) is 17.0. The van der Waals surface area contributed by atoms with Gasteiger partial charge in [-0.2, -0.15) is 0 Å². The van der Waals surface area contributed by atoms with Gasteiger partial charge in [-0.1, -0.05) is 30.3 Å². The molecule has 1 aliphatic heterocycles. The zero-order valence-corrected chi connectivity index (χ0v) is 13.7. The Hall–Kier alpha value is -1.40. The predicted molar refractivity (Wildman–Crippen MR) is 87.4 cm³/mol. The molecular weight excluding hydrogens is 300 g/mol. The second-order valence-electron chi connectivity index (χ2n) is 5.87. The SMILES string of the molecule is CS(=O)(=O)C(CC1CCCN1)C(=O)NCCc1ccccc1. The van der Waals surface area contributed by atoms with Gasteiger partial charge >= 0.3 is 0 Å². The molecule has 2 atom stereocenters. The fraction of sp³-hybridized carbons (Fsp3) is 0.562. The number of carbonyl (C=O) groups is 1. The molecule has 2 unspecified atom stereocenters. The lowest BCUT2D eigenvalue weighted by Gasteiger charge is -2.19. The molecule has 1 heterocycles. The lowest BCUT2D eigenvalue weighted by molar-refractivity contribution is -0.120. The molecule has 0 aliphatic carbocycles. The topological polar surface area (TPSA) is 75.3 Å². The van der Waals surface area contributed by atoms with E-state index < -0.39 is 15.1 Å². The molecule has 0 spiro atoms. The first-order chi connectivity index (χ1) is 10.5. The minimum absolute atomic E-state index is 0.125. The molecule has 0 aromatic heterocycles. The van der Waals surface area contributed by atoms with Crippen molar-refractivity contribution in [1.82, 2.24) is 10.6 Å². The van der Waals surface area contributed by atoms with Crippen LogP contribution in [0.4, 0.5) is 0 Å². The van der Waals surface area contributed by atoms with Crippen molar-refractivity contribution in [2.75, 3.05) is 19.3 Å². The summed E-state index contributed by atoms with van der Waals surface area (Å²) in [6.07, 6.45) is 4.17. The second-order valence-corrected chi connectivity index (χ2v) is 8.10. The molecule has 0 radical (unpaired) electrons. The highest BCUT2D eigenvalue weighted by Gasteiger charge is 2.32. The van der Waals surface area contributed by atoms with Gasteiger partial charge in [0.2, 0.25) is 5.91 Å². The lowest BCUT2D eigenvalue weighted by Crippen LogP contribution is -2.43. The first-order valence-electron chi connectivity index (χ1n) is 7.70. The number of nitrogens with one attached hydrogen (secondary N) is 2. The van der Waals surface area contributed by atoms with Crippen LogP contribution in [0, 0.1) is 0 Å². The number of amides is 1. The fourth-order valence-electron chi connectivity index (χ4n) is 2.78. The van der Waals surface area contributed by atoms with Gasteiger partial charge in [-0.05, 0) is 37.8 Å². The second kappa shape index (κ2) is 7.74. The zero-order valence-electron chi connectivity index (χ0n) is 12.9. The Balaban J connectivity index is 1.88. The van der Waals surface area contributed by atoms with Crippen molar-refractivity contribution in [3.8, 4) is 0 Å². The Labute approximate surface area is 132 Å². The van der Waals surface area contributed by atoms with Crippen LogP contribution in [-0.2, 0) is 21.1 Å². The third kappa shape index (κ3) is 5.10. The molecule has 2 N–H and O–H groups in total. The van der Waals surface area contributed by atoms with Crippen LogP contribution in [0.5, 0.6) is 0 Å². The zero-order chi connectivity index (χ0) is 16.0. The molecule has 5 nitrogen and oxygen atoms in total. The quantitative estimate of drug-likeness (QED) is 0.781. The van der Waals surface area contributed by atoms with Crippen LogP contribution in [-0.4, -0.2) is 45.0 Å². The van der Waals surface area contributed by atoms with E-state index in [2.05, 4.69) is 10.6 Å². The largest absolute Gasteiger partial charge is 0.355 e. The predicted octanol–water partition coefficient (Wildman–Crippen LogP) is 0.901. The molecule has 1 aliphatic rings. The van der Waals surface area contributed by atoms with Crippen LogP contribution in [0.1, 0.15) is 24.8 Å². The fourth-order valence-corrected chi connectivity index (χ4v) is 3.84. The van der Waals surface area contributed by atoms with Crippen LogP contribution in [0.15, 0.2) is 30.3 Å². The summed E-state index contributed by atoms with van der Waals surface area (Å²) in [5.74, 6) is -0.382. The molecule has 122 valence electrons. The van der Waals surface area contributed by atoms with E-state index >= 15 is 0 Å². The number of hydrogen-bond acceptors (Lipinski definition) is 4. The van der Waals surface area contributed by atoms with E-state index in [1.165, 1.54) is 0 Å². The van der Waals surface area contributed by atoms with Crippen molar-refractivity contribution in [2.45, 2.75) is 37.0 Å². The van der Waals surface area contributed by atoms with Gasteiger partial charge in [-0.15, -0.1) is 0 Å². The summed E-state index contributed by atoms with van der Waals surface area (Å²) in [5.41, 5.74) is 1.12. The summed E-state index contributed by atoms with van der Waals surface area (Å²) in [4.78, 5) is 12.2. The van der Waals surface area contributed by atoms with E-state index in [1.807, 2.05) is 30.3 Å². The number of hydrogen-bond donors (Lipinski definition) is 2. The summed E-state index contributed by atoms with van der Waals surface area (Å²) < 4.78 is 23.8. The Morgan fingerprint density at radius 1 is 1.36 bits per heavy atom. The van der Waals surface area contributed by atoms with Crippen molar-refractivity contribution in [1.29, 1.82) is 0 Å². The third-order valence-electron chi connectivity index (χ3n) is 4.03. The molecule has 0 saturated carbocycles. The highest BCUT2D eigenvalue weighted by Crippen LogP contribution is 2.15. The van der Waals surface area contributed by atoms with Crippen LogP contribution in [0.25, 0.3) is 0 Å². The van der Waals surface area contributed by atoms with Crippen molar-refractivity contribution >= 4 is 15.7 Å². The van der Waals surface area contributed by atoms with Gasteiger partial charge in [0.1, 0.15) is 5.25 Å². The van der Waals surface area contributed by atoms with Gasteiger partial charge in [0, 0.05) is 18.8 Å². The maximum atomic E-state index is 12.2. The van der Waals surface area contributed by atoms with Gasteiger partial charge in [0.15, 0.2) is 9.84 Å². The van der Waals surface area contributed by atoms with E-state index in [1.54, 1.807) is 0 Å². The lowest BCUT2D eigenvalue weighted by atomic mass is 10.1. The van der Waals surface area contributed by atoms with Crippen molar-refractivity contribution in [2.24, 2.45) is 0 Å². The minimum atomic E-state index is -3.40. The Kier molecular flexibility index (Phi) is 5.97. The van der Waals surface area contributed by atoms with Gasteiger partial charge < -0.3 is 10.6 Å². The molecule has 1 saturated heterocycles. The van der Waals surface area contributed by atoms with E-state index in [0.717, 1.165) is 31.2 Å². The average Bonchev–Trinajstić information content (AvgIpc) is 2.97.